The number of primary amides is 1. The van der Waals surface area contributed by atoms with Crippen LogP contribution >= 0.6 is 0 Å². The van der Waals surface area contributed by atoms with Crippen LogP contribution in [0.25, 0.3) is 0 Å². The normalized spacial score (nSPS) is 15.8. The number of nitrogens with one attached hydrogen (secondary N) is 1. The molecule has 1 aliphatic heterocycles. The van der Waals surface area contributed by atoms with Gasteiger partial charge in [0, 0.05) is 37.4 Å². The summed E-state index contributed by atoms with van der Waals surface area (Å²) >= 11 is 0. The first-order valence-corrected chi connectivity index (χ1v) is 9.57. The van der Waals surface area contributed by atoms with E-state index in [2.05, 4.69) is 5.32 Å². The van der Waals surface area contributed by atoms with Gasteiger partial charge in [0.1, 0.15) is 11.5 Å². The second-order valence-corrected chi connectivity index (χ2v) is 7.26. The first-order valence-electron chi connectivity index (χ1n) is 9.57. The molecule has 3 N–H and O–H groups in total. The molecule has 1 atom stereocenters. The van der Waals surface area contributed by atoms with Crippen molar-refractivity contribution in [3.05, 3.63) is 53.0 Å². The van der Waals surface area contributed by atoms with Crippen LogP contribution in [0.1, 0.15) is 39.2 Å². The third-order valence-electron chi connectivity index (χ3n) is 5.24. The van der Waals surface area contributed by atoms with Crippen LogP contribution in [-0.4, -0.2) is 59.7 Å². The molecule has 0 spiro atoms. The summed E-state index contributed by atoms with van der Waals surface area (Å²) in [5.41, 5.74) is 6.81. The number of carbonyl (C=O) groups excluding carboxylic acids is 3. The van der Waals surface area contributed by atoms with E-state index in [1.54, 1.807) is 42.2 Å². The molecule has 3 rings (SSSR count). The molecule has 0 bridgehead atoms. The van der Waals surface area contributed by atoms with E-state index in [0.717, 1.165) is 5.76 Å². The lowest BCUT2D eigenvalue weighted by Crippen LogP contribution is -2.54. The van der Waals surface area contributed by atoms with Gasteiger partial charge < -0.3 is 20.4 Å². The van der Waals surface area contributed by atoms with Crippen molar-refractivity contribution >= 4 is 23.4 Å². The Bertz CT molecular complexity index is 911. The highest BCUT2D eigenvalue weighted by atomic mass is 16.3. The van der Waals surface area contributed by atoms with Gasteiger partial charge in [-0.15, -0.1) is 0 Å². The van der Waals surface area contributed by atoms with Gasteiger partial charge in [0.15, 0.2) is 0 Å². The lowest BCUT2D eigenvalue weighted by molar-refractivity contribution is -0.121. The summed E-state index contributed by atoms with van der Waals surface area (Å²) in [6.45, 7) is 7.77. The second-order valence-electron chi connectivity index (χ2n) is 7.26. The van der Waals surface area contributed by atoms with Gasteiger partial charge in [-0.2, -0.15) is 0 Å². The van der Waals surface area contributed by atoms with Gasteiger partial charge in [-0.05, 0) is 51.1 Å². The molecule has 1 fully saturated rings. The monoisotopic (exact) mass is 398 g/mol. The Morgan fingerprint density at radius 3 is 2.21 bits per heavy atom. The molecule has 8 heteroatoms. The standard InChI is InChI=1S/C21H26N4O4/c1-13-12-18(15(3)29-13)21(28)25-10-8-24(9-11-25)14(2)20(27)23-17-6-4-16(5-7-17)19(22)26/h4-7,12,14H,8-11H2,1-3H3,(H2,22,26)(H,23,27). The van der Waals surface area contributed by atoms with Crippen LogP contribution in [0.2, 0.25) is 0 Å². The minimum atomic E-state index is -0.510. The molecule has 2 heterocycles. The quantitative estimate of drug-likeness (QED) is 0.798. The van der Waals surface area contributed by atoms with Crippen molar-refractivity contribution < 1.29 is 18.8 Å². The Balaban J connectivity index is 1.54. The molecule has 154 valence electrons. The van der Waals surface area contributed by atoms with E-state index >= 15 is 0 Å². The molecule has 8 nitrogen and oxygen atoms in total. The summed E-state index contributed by atoms with van der Waals surface area (Å²) in [6, 6.07) is 7.87. The van der Waals surface area contributed by atoms with E-state index in [1.165, 1.54) is 0 Å². The van der Waals surface area contributed by atoms with Crippen molar-refractivity contribution in [3.8, 4) is 0 Å². The van der Waals surface area contributed by atoms with E-state index in [0.29, 0.717) is 48.8 Å². The molecule has 1 aromatic heterocycles. The van der Waals surface area contributed by atoms with Crippen LogP contribution in [0.4, 0.5) is 5.69 Å². The molecular formula is C21H26N4O4. The molecule has 1 aromatic carbocycles. The Hall–Kier alpha value is -3.13. The Morgan fingerprint density at radius 1 is 1.07 bits per heavy atom. The Labute approximate surface area is 169 Å². The van der Waals surface area contributed by atoms with Crippen molar-refractivity contribution in [1.29, 1.82) is 0 Å². The fourth-order valence-electron chi connectivity index (χ4n) is 3.46. The zero-order chi connectivity index (χ0) is 21.1. The fourth-order valence-corrected chi connectivity index (χ4v) is 3.46. The first-order chi connectivity index (χ1) is 13.8. The molecule has 2 aromatic rings. The van der Waals surface area contributed by atoms with Gasteiger partial charge in [0.05, 0.1) is 11.6 Å². The first kappa shape index (κ1) is 20.6. The highest BCUT2D eigenvalue weighted by Gasteiger charge is 2.29. The maximum Gasteiger partial charge on any atom is 0.257 e. The van der Waals surface area contributed by atoms with Crippen LogP contribution in [0, 0.1) is 13.8 Å². The number of amides is 3. The Kier molecular flexibility index (Phi) is 6.03. The maximum absolute atomic E-state index is 12.7. The zero-order valence-electron chi connectivity index (χ0n) is 16.9. The van der Waals surface area contributed by atoms with Gasteiger partial charge in [-0.25, -0.2) is 0 Å². The molecule has 0 radical (unpaired) electrons. The smallest absolute Gasteiger partial charge is 0.257 e. The number of carbonyl (C=O) groups is 3. The lowest BCUT2D eigenvalue weighted by Gasteiger charge is -2.37. The molecule has 1 aliphatic rings. The van der Waals surface area contributed by atoms with Crippen LogP contribution < -0.4 is 11.1 Å². The number of aryl methyl sites for hydroxylation is 2. The van der Waals surface area contributed by atoms with Gasteiger partial charge in [-0.1, -0.05) is 0 Å². The van der Waals surface area contributed by atoms with Crippen LogP contribution in [-0.2, 0) is 4.79 Å². The summed E-state index contributed by atoms with van der Waals surface area (Å²) in [5.74, 6) is 0.664. The molecule has 0 saturated carbocycles. The second kappa shape index (κ2) is 8.48. The minimum absolute atomic E-state index is 0.0364. The van der Waals surface area contributed by atoms with Crippen molar-refractivity contribution in [2.24, 2.45) is 5.73 Å². The van der Waals surface area contributed by atoms with Crippen LogP contribution in [0.3, 0.4) is 0 Å². The maximum atomic E-state index is 12.7. The van der Waals surface area contributed by atoms with E-state index in [9.17, 15) is 14.4 Å². The molecular weight excluding hydrogens is 372 g/mol. The SMILES string of the molecule is Cc1cc(C(=O)N2CCN(C(C)C(=O)Nc3ccc(C(N)=O)cc3)CC2)c(C)o1. The molecule has 0 aliphatic carbocycles. The van der Waals surface area contributed by atoms with Crippen molar-refractivity contribution in [2.45, 2.75) is 26.8 Å². The van der Waals surface area contributed by atoms with Crippen LogP contribution in [0.15, 0.2) is 34.7 Å². The van der Waals surface area contributed by atoms with E-state index in [4.69, 9.17) is 10.2 Å². The third kappa shape index (κ3) is 4.65. The lowest BCUT2D eigenvalue weighted by atomic mass is 10.1. The number of nitrogens with zero attached hydrogens (tertiary/aromatic N) is 2. The van der Waals surface area contributed by atoms with Crippen molar-refractivity contribution in [1.82, 2.24) is 9.80 Å². The summed E-state index contributed by atoms with van der Waals surface area (Å²) in [4.78, 5) is 40.2. The largest absolute Gasteiger partial charge is 0.466 e. The van der Waals surface area contributed by atoms with E-state index in [-0.39, 0.29) is 17.9 Å². The average molecular weight is 398 g/mol. The predicted octanol–water partition coefficient (Wildman–Crippen LogP) is 1.78. The van der Waals surface area contributed by atoms with Crippen LogP contribution in [0.5, 0.6) is 0 Å². The zero-order valence-corrected chi connectivity index (χ0v) is 16.9. The predicted molar refractivity (Wildman–Crippen MR) is 109 cm³/mol. The van der Waals surface area contributed by atoms with Gasteiger partial charge in [0.2, 0.25) is 11.8 Å². The number of piperazine rings is 1. The number of benzene rings is 1. The molecule has 29 heavy (non-hydrogen) atoms. The third-order valence-corrected chi connectivity index (χ3v) is 5.24. The summed E-state index contributed by atoms with van der Waals surface area (Å²) in [7, 11) is 0. The highest BCUT2D eigenvalue weighted by molar-refractivity contribution is 5.97. The Morgan fingerprint density at radius 2 is 1.69 bits per heavy atom. The van der Waals surface area contributed by atoms with Crippen molar-refractivity contribution in [3.63, 3.8) is 0 Å². The van der Waals surface area contributed by atoms with Gasteiger partial charge in [-0.3, -0.25) is 19.3 Å². The number of furan rings is 1. The topological polar surface area (TPSA) is 109 Å². The molecule has 1 unspecified atom stereocenters. The number of rotatable bonds is 5. The fraction of sp³-hybridized carbons (Fsp3) is 0.381. The molecule has 1 saturated heterocycles. The van der Waals surface area contributed by atoms with E-state index < -0.39 is 5.91 Å². The number of nitrogens with two attached hydrogens (primary N) is 1. The van der Waals surface area contributed by atoms with E-state index in [1.807, 2.05) is 18.7 Å². The number of hydrogen-bond acceptors (Lipinski definition) is 5. The number of anilines is 1. The number of hydrogen-bond donors (Lipinski definition) is 2. The summed E-state index contributed by atoms with van der Waals surface area (Å²) in [5, 5.41) is 2.85. The highest BCUT2D eigenvalue weighted by Crippen LogP contribution is 2.18. The molecule has 3 amide bonds. The minimum Gasteiger partial charge on any atom is -0.466 e. The van der Waals surface area contributed by atoms with Gasteiger partial charge in [0.25, 0.3) is 5.91 Å². The van der Waals surface area contributed by atoms with Gasteiger partial charge >= 0.3 is 0 Å². The average Bonchev–Trinajstić information content (AvgIpc) is 3.05. The van der Waals surface area contributed by atoms with Crippen molar-refractivity contribution in [2.75, 3.05) is 31.5 Å². The summed E-state index contributed by atoms with van der Waals surface area (Å²) in [6.07, 6.45) is 0. The summed E-state index contributed by atoms with van der Waals surface area (Å²) < 4.78 is 5.46.